The van der Waals surface area contributed by atoms with Gasteiger partial charge in [0, 0.05) is 61.6 Å². The number of anilines is 3. The zero-order valence-electron chi connectivity index (χ0n) is 27.4. The van der Waals surface area contributed by atoms with Crippen LogP contribution in [-0.2, 0) is 14.4 Å². The second-order valence-corrected chi connectivity index (χ2v) is 14.1. The molecular weight excluding hydrogens is 596 g/mol. The highest BCUT2D eigenvalue weighted by molar-refractivity contribution is 8.02. The highest BCUT2D eigenvalue weighted by Crippen LogP contribution is 2.69. The average Bonchev–Trinajstić information content (AvgIpc) is 3.67. The van der Waals surface area contributed by atoms with E-state index in [9.17, 15) is 19.5 Å². The van der Waals surface area contributed by atoms with Gasteiger partial charge in [0.25, 0.3) is 5.91 Å². The number of para-hydroxylation sites is 1. The summed E-state index contributed by atoms with van der Waals surface area (Å²) in [5.74, 6) is -1.47. The van der Waals surface area contributed by atoms with Gasteiger partial charge in [-0.15, -0.1) is 24.9 Å². The van der Waals surface area contributed by atoms with Crippen LogP contribution in [0.4, 0.5) is 17.1 Å². The Hall–Kier alpha value is -3.56. The molecule has 0 radical (unpaired) electrons. The van der Waals surface area contributed by atoms with Crippen molar-refractivity contribution < 1.29 is 19.5 Å². The molecule has 246 valence electrons. The second-order valence-electron chi connectivity index (χ2n) is 12.5. The number of amides is 3. The molecule has 0 aliphatic carbocycles. The van der Waals surface area contributed by atoms with Crippen LogP contribution in [0.15, 0.2) is 79.9 Å². The number of aliphatic hydroxyl groups is 1. The molecule has 0 saturated carbocycles. The van der Waals surface area contributed by atoms with Crippen LogP contribution in [0.3, 0.4) is 0 Å². The second kappa shape index (κ2) is 14.5. The Morgan fingerprint density at radius 3 is 2.11 bits per heavy atom. The maximum Gasteiger partial charge on any atom is 0.251 e. The SMILES string of the molecule is C=CCN(C(=O)C1N(CCCCO)C(=O)[C@@H]2[C@@H](C(=O)N(CC=C)c3ccccc3)[C@H]3CC(C)C12S3)c1ccc(N(CC)CC)cc1. The number of benzene rings is 2. The zero-order chi connectivity index (χ0) is 33.0. The highest BCUT2D eigenvalue weighted by atomic mass is 32.2. The van der Waals surface area contributed by atoms with Crippen molar-refractivity contribution in [2.45, 2.75) is 56.1 Å². The summed E-state index contributed by atoms with van der Waals surface area (Å²) < 4.78 is -0.741. The van der Waals surface area contributed by atoms with Crippen LogP contribution in [0.1, 0.15) is 40.0 Å². The van der Waals surface area contributed by atoms with E-state index >= 15 is 0 Å². The van der Waals surface area contributed by atoms with Crippen molar-refractivity contribution in [3.8, 4) is 0 Å². The Bertz CT molecular complexity index is 1410. The molecule has 5 rings (SSSR count). The summed E-state index contributed by atoms with van der Waals surface area (Å²) in [6, 6.07) is 16.8. The maximum atomic E-state index is 15.0. The summed E-state index contributed by atoms with van der Waals surface area (Å²) in [6.45, 7) is 17.0. The number of carbonyl (C=O) groups excluding carboxylic acids is 3. The molecule has 2 aromatic rings. The predicted molar refractivity (Wildman–Crippen MR) is 188 cm³/mol. The average molecular weight is 645 g/mol. The van der Waals surface area contributed by atoms with Crippen molar-refractivity contribution in [1.82, 2.24) is 4.90 Å². The minimum absolute atomic E-state index is 0.0125. The molecule has 3 aliphatic heterocycles. The molecule has 2 aromatic carbocycles. The third-order valence-electron chi connectivity index (χ3n) is 10.1. The van der Waals surface area contributed by atoms with Crippen LogP contribution in [0.25, 0.3) is 0 Å². The number of hydrogen-bond acceptors (Lipinski definition) is 6. The summed E-state index contributed by atoms with van der Waals surface area (Å²) in [5.41, 5.74) is 2.61. The molecule has 9 heteroatoms. The van der Waals surface area contributed by atoms with Crippen LogP contribution < -0.4 is 14.7 Å². The Balaban J connectivity index is 1.55. The van der Waals surface area contributed by atoms with Gasteiger partial charge in [-0.3, -0.25) is 14.4 Å². The summed E-state index contributed by atoms with van der Waals surface area (Å²) in [4.78, 5) is 51.6. The number of fused-ring (bicyclic) bond motifs is 1. The Morgan fingerprint density at radius 1 is 0.935 bits per heavy atom. The molecular formula is C37H48N4O4S. The lowest BCUT2D eigenvalue weighted by Gasteiger charge is -2.41. The number of hydrogen-bond donors (Lipinski definition) is 1. The number of nitrogens with zero attached hydrogens (tertiary/aromatic N) is 4. The van der Waals surface area contributed by atoms with Crippen LogP contribution in [-0.4, -0.2) is 83.1 Å². The summed E-state index contributed by atoms with van der Waals surface area (Å²) in [7, 11) is 0. The van der Waals surface area contributed by atoms with Crippen LogP contribution in [0, 0.1) is 17.8 Å². The lowest BCUT2D eigenvalue weighted by molar-refractivity contribution is -0.139. The summed E-state index contributed by atoms with van der Waals surface area (Å²) >= 11 is 1.69. The standard InChI is InChI=1S/C37H48N4O4S/c1-6-21-39(28-15-11-10-12-16-28)34(43)31-30-25-26(5)37(46-30)32(31)35(44)41(23-13-14-24-42)33(37)36(45)40(22-7-2)29-19-17-27(18-20-29)38(8-3)9-4/h6-7,10-12,15-20,26,30-33,42H,1-2,8-9,13-14,21-25H2,3-5H3/t26?,30-,31+,32+,33?,37?/m1/s1. The van der Waals surface area contributed by atoms with E-state index in [1.54, 1.807) is 38.6 Å². The molecule has 3 saturated heterocycles. The number of aliphatic hydroxyl groups excluding tert-OH is 1. The van der Waals surface area contributed by atoms with Gasteiger partial charge in [-0.05, 0) is 75.4 Å². The smallest absolute Gasteiger partial charge is 0.251 e. The van der Waals surface area contributed by atoms with Crippen molar-refractivity contribution in [3.63, 3.8) is 0 Å². The largest absolute Gasteiger partial charge is 0.396 e. The van der Waals surface area contributed by atoms with E-state index in [1.807, 2.05) is 54.6 Å². The summed E-state index contributed by atoms with van der Waals surface area (Å²) in [5, 5.41) is 9.51. The van der Waals surface area contributed by atoms with E-state index in [2.05, 4.69) is 38.8 Å². The third kappa shape index (κ3) is 5.77. The molecule has 1 N–H and O–H groups in total. The fourth-order valence-corrected chi connectivity index (χ4v) is 10.4. The van der Waals surface area contributed by atoms with Gasteiger partial charge in [0.05, 0.1) is 16.6 Å². The monoisotopic (exact) mass is 644 g/mol. The number of carbonyl (C=O) groups is 3. The minimum Gasteiger partial charge on any atom is -0.396 e. The molecule has 3 fully saturated rings. The number of thioether (sulfide) groups is 1. The Kier molecular flexibility index (Phi) is 10.6. The van der Waals surface area contributed by atoms with Crippen molar-refractivity contribution >= 4 is 46.5 Å². The third-order valence-corrected chi connectivity index (χ3v) is 12.2. The van der Waals surface area contributed by atoms with Gasteiger partial charge in [0.15, 0.2) is 0 Å². The highest BCUT2D eigenvalue weighted by Gasteiger charge is 2.76. The first-order valence-corrected chi connectivity index (χ1v) is 17.5. The molecule has 0 aromatic heterocycles. The molecule has 6 atom stereocenters. The van der Waals surface area contributed by atoms with E-state index in [0.29, 0.717) is 32.5 Å². The van der Waals surface area contributed by atoms with Crippen molar-refractivity contribution in [2.75, 3.05) is 54.0 Å². The fourth-order valence-electron chi connectivity index (χ4n) is 7.99. The maximum absolute atomic E-state index is 15.0. The summed E-state index contributed by atoms with van der Waals surface area (Å²) in [6.07, 6.45) is 5.30. The van der Waals surface area contributed by atoms with Gasteiger partial charge in [0.1, 0.15) is 6.04 Å². The van der Waals surface area contributed by atoms with Gasteiger partial charge in [-0.2, -0.15) is 0 Å². The van der Waals surface area contributed by atoms with Gasteiger partial charge >= 0.3 is 0 Å². The van der Waals surface area contributed by atoms with Gasteiger partial charge < -0.3 is 24.7 Å². The normalized spacial score (nSPS) is 26.1. The van der Waals surface area contributed by atoms with Crippen LogP contribution >= 0.6 is 11.8 Å². The molecule has 46 heavy (non-hydrogen) atoms. The van der Waals surface area contributed by atoms with Crippen molar-refractivity contribution in [1.29, 1.82) is 0 Å². The molecule has 1 spiro atoms. The van der Waals surface area contributed by atoms with Crippen molar-refractivity contribution in [2.24, 2.45) is 17.8 Å². The number of rotatable bonds is 15. The quantitative estimate of drug-likeness (QED) is 0.207. The minimum atomic E-state index is -0.741. The van der Waals surface area contributed by atoms with Gasteiger partial charge in [0.2, 0.25) is 11.8 Å². The van der Waals surface area contributed by atoms with Crippen LogP contribution in [0.2, 0.25) is 0 Å². The van der Waals surface area contributed by atoms with E-state index < -0.39 is 22.6 Å². The van der Waals surface area contributed by atoms with Gasteiger partial charge in [-0.25, -0.2) is 0 Å². The molecule has 3 unspecified atom stereocenters. The molecule has 3 aliphatic rings. The van der Waals surface area contributed by atoms with Crippen molar-refractivity contribution in [3.05, 3.63) is 79.9 Å². The number of likely N-dealkylation sites (tertiary alicyclic amines) is 1. The van der Waals surface area contributed by atoms with E-state index in [1.165, 1.54) is 0 Å². The fraction of sp³-hybridized carbons (Fsp3) is 0.486. The van der Waals surface area contributed by atoms with Crippen LogP contribution in [0.5, 0.6) is 0 Å². The first-order chi connectivity index (χ1) is 22.3. The predicted octanol–water partition coefficient (Wildman–Crippen LogP) is 5.38. The lowest BCUT2D eigenvalue weighted by atomic mass is 9.65. The molecule has 2 bridgehead atoms. The number of unbranched alkanes of at least 4 members (excludes halogenated alkanes) is 1. The first kappa shape index (κ1) is 33.8. The molecule has 3 amide bonds. The molecule has 3 heterocycles. The van der Waals surface area contributed by atoms with E-state index in [4.69, 9.17) is 0 Å². The Morgan fingerprint density at radius 2 is 1.52 bits per heavy atom. The first-order valence-electron chi connectivity index (χ1n) is 16.6. The van der Waals surface area contributed by atoms with Gasteiger partial charge in [-0.1, -0.05) is 37.3 Å². The topological polar surface area (TPSA) is 84.4 Å². The van der Waals surface area contributed by atoms with E-state index in [0.717, 1.165) is 36.6 Å². The Labute approximate surface area is 278 Å². The lowest BCUT2D eigenvalue weighted by Crippen LogP contribution is -2.57. The van der Waals surface area contributed by atoms with E-state index in [-0.39, 0.29) is 35.5 Å². The zero-order valence-corrected chi connectivity index (χ0v) is 28.2. The molecule has 8 nitrogen and oxygen atoms in total.